The summed E-state index contributed by atoms with van der Waals surface area (Å²) in [5.41, 5.74) is 6.72. The van der Waals surface area contributed by atoms with Crippen LogP contribution in [0.4, 0.5) is 5.95 Å². The monoisotopic (exact) mass is 339 g/mol. The van der Waals surface area contributed by atoms with Gasteiger partial charge in [0.25, 0.3) is 0 Å². The molecule has 132 valence electrons. The molecule has 1 amide bonds. The number of carbonyl (C=O) groups is 1. The molecule has 6 nitrogen and oxygen atoms in total. The number of anilines is 1. The summed E-state index contributed by atoms with van der Waals surface area (Å²) in [6, 6.07) is 10.5. The summed E-state index contributed by atoms with van der Waals surface area (Å²) in [4.78, 5) is 13.7. The Morgan fingerprint density at radius 1 is 1.08 bits per heavy atom. The number of primary amides is 1. The molecule has 1 aliphatic carbocycles. The van der Waals surface area contributed by atoms with E-state index in [1.54, 1.807) is 0 Å². The van der Waals surface area contributed by atoms with Crippen molar-refractivity contribution in [2.45, 2.75) is 44.6 Å². The fraction of sp³-hybridized carbons (Fsp3) is 0.526. The lowest BCUT2D eigenvalue weighted by atomic mass is 9.85. The van der Waals surface area contributed by atoms with E-state index in [2.05, 4.69) is 43.9 Å². The molecule has 0 bridgehead atoms. The van der Waals surface area contributed by atoms with E-state index in [1.165, 1.54) is 24.8 Å². The van der Waals surface area contributed by atoms with Crippen LogP contribution in [0.2, 0.25) is 0 Å². The highest BCUT2D eigenvalue weighted by atomic mass is 16.1. The van der Waals surface area contributed by atoms with Crippen LogP contribution in [0.3, 0.4) is 0 Å². The molecule has 0 atom stereocenters. The molecule has 6 heteroatoms. The normalized spacial score (nSPS) is 19.0. The largest absolute Gasteiger partial charge is 0.369 e. The van der Waals surface area contributed by atoms with Crippen LogP contribution in [0.15, 0.2) is 30.3 Å². The van der Waals surface area contributed by atoms with Crippen molar-refractivity contribution in [2.75, 3.05) is 18.0 Å². The summed E-state index contributed by atoms with van der Waals surface area (Å²) in [5, 5.41) is 9.07. The van der Waals surface area contributed by atoms with Gasteiger partial charge < -0.3 is 10.6 Å². The van der Waals surface area contributed by atoms with Gasteiger partial charge in [-0.05, 0) is 31.2 Å². The predicted molar refractivity (Wildman–Crippen MR) is 96.3 cm³/mol. The van der Waals surface area contributed by atoms with Crippen LogP contribution >= 0.6 is 0 Å². The molecule has 2 aliphatic rings. The summed E-state index contributed by atoms with van der Waals surface area (Å²) in [5.74, 6) is 2.40. The third-order valence-electron chi connectivity index (χ3n) is 5.59. The molecular formula is C19H25N5O. The zero-order valence-electron chi connectivity index (χ0n) is 14.5. The maximum atomic E-state index is 11.4. The van der Waals surface area contributed by atoms with Crippen LogP contribution in [0.5, 0.6) is 0 Å². The SMILES string of the molecule is NC(=O)C1CCN(c2nnc(C3CCC3)n2Cc2ccccc2)CC1. The third kappa shape index (κ3) is 3.25. The van der Waals surface area contributed by atoms with Crippen LogP contribution in [0.1, 0.15) is 49.4 Å². The minimum absolute atomic E-state index is 0.00662. The highest BCUT2D eigenvalue weighted by molar-refractivity contribution is 5.76. The number of benzene rings is 1. The van der Waals surface area contributed by atoms with Gasteiger partial charge in [-0.25, -0.2) is 0 Å². The number of rotatable bonds is 5. The second kappa shape index (κ2) is 6.86. The Morgan fingerprint density at radius 2 is 1.80 bits per heavy atom. The zero-order valence-corrected chi connectivity index (χ0v) is 14.5. The van der Waals surface area contributed by atoms with E-state index in [1.807, 2.05) is 6.07 Å². The van der Waals surface area contributed by atoms with Crippen molar-refractivity contribution in [3.05, 3.63) is 41.7 Å². The Morgan fingerprint density at radius 3 is 2.40 bits per heavy atom. The first-order valence-corrected chi connectivity index (χ1v) is 9.23. The van der Waals surface area contributed by atoms with E-state index < -0.39 is 0 Å². The molecule has 2 fully saturated rings. The second-order valence-corrected chi connectivity index (χ2v) is 7.22. The lowest BCUT2D eigenvalue weighted by Gasteiger charge is -2.32. The Balaban J connectivity index is 1.59. The van der Waals surface area contributed by atoms with Crippen LogP contribution in [-0.4, -0.2) is 33.8 Å². The maximum absolute atomic E-state index is 11.4. The molecule has 1 saturated carbocycles. The van der Waals surface area contributed by atoms with Crippen molar-refractivity contribution < 1.29 is 4.79 Å². The van der Waals surface area contributed by atoms with Gasteiger partial charge in [-0.3, -0.25) is 9.36 Å². The number of nitrogens with two attached hydrogens (primary N) is 1. The smallest absolute Gasteiger partial charge is 0.227 e. The van der Waals surface area contributed by atoms with Gasteiger partial charge in [0.05, 0.1) is 6.54 Å². The van der Waals surface area contributed by atoms with Crippen molar-refractivity contribution in [3.63, 3.8) is 0 Å². The number of carbonyl (C=O) groups excluding carboxylic acids is 1. The number of aromatic nitrogens is 3. The van der Waals surface area contributed by atoms with E-state index in [-0.39, 0.29) is 11.8 Å². The fourth-order valence-electron chi connectivity index (χ4n) is 3.79. The Bertz CT molecular complexity index is 730. The molecular weight excluding hydrogens is 314 g/mol. The fourth-order valence-corrected chi connectivity index (χ4v) is 3.79. The molecule has 1 aliphatic heterocycles. The molecule has 2 heterocycles. The van der Waals surface area contributed by atoms with Crippen LogP contribution in [-0.2, 0) is 11.3 Å². The molecule has 0 radical (unpaired) electrons. The highest BCUT2D eigenvalue weighted by Crippen LogP contribution is 2.37. The topological polar surface area (TPSA) is 77.0 Å². The zero-order chi connectivity index (χ0) is 17.2. The van der Waals surface area contributed by atoms with Crippen molar-refractivity contribution in [2.24, 2.45) is 11.7 Å². The summed E-state index contributed by atoms with van der Waals surface area (Å²) in [6.45, 7) is 2.42. The van der Waals surface area contributed by atoms with Gasteiger partial charge in [0, 0.05) is 24.9 Å². The summed E-state index contributed by atoms with van der Waals surface area (Å²) in [6.07, 6.45) is 5.29. The molecule has 0 unspecified atom stereocenters. The molecule has 2 N–H and O–H groups in total. The predicted octanol–water partition coefficient (Wildman–Crippen LogP) is 2.30. The highest BCUT2D eigenvalue weighted by Gasteiger charge is 2.30. The van der Waals surface area contributed by atoms with Crippen molar-refractivity contribution in [1.29, 1.82) is 0 Å². The standard InChI is InChI=1S/C19H25N5O/c20-17(25)15-9-11-23(12-10-15)19-22-21-18(16-7-4-8-16)24(19)13-14-5-2-1-3-6-14/h1-3,5-6,15-16H,4,7-13H2,(H2,20,25). The molecule has 1 aromatic heterocycles. The Kier molecular flexibility index (Phi) is 4.42. The second-order valence-electron chi connectivity index (χ2n) is 7.22. The minimum Gasteiger partial charge on any atom is -0.369 e. The number of piperidine rings is 1. The molecule has 25 heavy (non-hydrogen) atoms. The molecule has 4 rings (SSSR count). The molecule has 0 spiro atoms. The van der Waals surface area contributed by atoms with Crippen molar-refractivity contribution in [1.82, 2.24) is 14.8 Å². The number of hydrogen-bond donors (Lipinski definition) is 1. The van der Waals surface area contributed by atoms with Gasteiger partial charge in [-0.1, -0.05) is 36.8 Å². The quantitative estimate of drug-likeness (QED) is 0.907. The number of amides is 1. The first-order valence-electron chi connectivity index (χ1n) is 9.23. The van der Waals surface area contributed by atoms with Gasteiger partial charge in [0.2, 0.25) is 11.9 Å². The Labute approximate surface area is 148 Å². The number of hydrogen-bond acceptors (Lipinski definition) is 4. The first-order chi connectivity index (χ1) is 12.2. The van der Waals surface area contributed by atoms with E-state index >= 15 is 0 Å². The van der Waals surface area contributed by atoms with Crippen LogP contribution in [0.25, 0.3) is 0 Å². The lowest BCUT2D eigenvalue weighted by molar-refractivity contribution is -0.122. The third-order valence-corrected chi connectivity index (χ3v) is 5.59. The lowest BCUT2D eigenvalue weighted by Crippen LogP contribution is -2.40. The number of nitrogens with zero attached hydrogens (tertiary/aromatic N) is 4. The maximum Gasteiger partial charge on any atom is 0.227 e. The Hall–Kier alpha value is -2.37. The van der Waals surface area contributed by atoms with Crippen LogP contribution < -0.4 is 10.6 Å². The van der Waals surface area contributed by atoms with Gasteiger partial charge in [-0.2, -0.15) is 0 Å². The van der Waals surface area contributed by atoms with E-state index in [0.717, 1.165) is 44.2 Å². The van der Waals surface area contributed by atoms with Gasteiger partial charge in [-0.15, -0.1) is 10.2 Å². The van der Waals surface area contributed by atoms with E-state index in [4.69, 9.17) is 5.73 Å². The molecule has 1 aromatic carbocycles. The van der Waals surface area contributed by atoms with Crippen LogP contribution in [0, 0.1) is 5.92 Å². The van der Waals surface area contributed by atoms with Gasteiger partial charge >= 0.3 is 0 Å². The average molecular weight is 339 g/mol. The van der Waals surface area contributed by atoms with E-state index in [0.29, 0.717) is 5.92 Å². The summed E-state index contributed by atoms with van der Waals surface area (Å²) >= 11 is 0. The van der Waals surface area contributed by atoms with Crippen molar-refractivity contribution >= 4 is 11.9 Å². The van der Waals surface area contributed by atoms with Crippen molar-refractivity contribution in [3.8, 4) is 0 Å². The first kappa shape index (κ1) is 16.1. The average Bonchev–Trinajstić information content (AvgIpc) is 2.98. The summed E-state index contributed by atoms with van der Waals surface area (Å²) < 4.78 is 2.28. The minimum atomic E-state index is -0.180. The molecule has 1 saturated heterocycles. The molecule has 2 aromatic rings. The van der Waals surface area contributed by atoms with E-state index in [9.17, 15) is 4.79 Å². The van der Waals surface area contributed by atoms with Gasteiger partial charge in [0.1, 0.15) is 5.82 Å². The summed E-state index contributed by atoms with van der Waals surface area (Å²) in [7, 11) is 0. The van der Waals surface area contributed by atoms with Gasteiger partial charge in [0.15, 0.2) is 0 Å².